The summed E-state index contributed by atoms with van der Waals surface area (Å²) in [5.41, 5.74) is 0.100. The molecule has 2 aromatic rings. The molecule has 2 N–H and O–H groups in total. The van der Waals surface area contributed by atoms with Crippen molar-refractivity contribution in [3.63, 3.8) is 0 Å². The molecule has 0 spiro atoms. The van der Waals surface area contributed by atoms with E-state index in [2.05, 4.69) is 10.3 Å². The van der Waals surface area contributed by atoms with E-state index >= 15 is 0 Å². The number of anilines is 1. The number of pyridine rings is 1. The summed E-state index contributed by atoms with van der Waals surface area (Å²) in [4.78, 5) is 15.6. The van der Waals surface area contributed by atoms with Gasteiger partial charge in [0.2, 0.25) is 0 Å². The van der Waals surface area contributed by atoms with E-state index in [-0.39, 0.29) is 22.2 Å². The van der Waals surface area contributed by atoms with Crippen molar-refractivity contribution in [3.05, 3.63) is 52.9 Å². The summed E-state index contributed by atoms with van der Waals surface area (Å²) >= 11 is 5.75. The number of aromatic hydroxyl groups is 1. The molecule has 0 saturated heterocycles. The molecule has 92 valence electrons. The van der Waals surface area contributed by atoms with Crippen molar-refractivity contribution in [1.82, 2.24) is 4.98 Å². The zero-order chi connectivity index (χ0) is 13.1. The highest BCUT2D eigenvalue weighted by Crippen LogP contribution is 2.22. The van der Waals surface area contributed by atoms with Gasteiger partial charge in [-0.1, -0.05) is 11.6 Å². The van der Waals surface area contributed by atoms with Crippen LogP contribution in [0.2, 0.25) is 5.02 Å². The van der Waals surface area contributed by atoms with Crippen LogP contribution in [0, 0.1) is 5.82 Å². The Morgan fingerprint density at radius 2 is 2.17 bits per heavy atom. The van der Waals surface area contributed by atoms with Gasteiger partial charge in [0, 0.05) is 6.20 Å². The molecule has 1 aromatic heterocycles. The van der Waals surface area contributed by atoms with Crippen molar-refractivity contribution < 1.29 is 14.3 Å². The van der Waals surface area contributed by atoms with Crippen LogP contribution in [-0.2, 0) is 0 Å². The second-order valence-electron chi connectivity index (χ2n) is 3.45. The van der Waals surface area contributed by atoms with E-state index in [4.69, 9.17) is 11.6 Å². The highest BCUT2D eigenvalue weighted by molar-refractivity contribution is 6.34. The summed E-state index contributed by atoms with van der Waals surface area (Å²) in [5, 5.41) is 11.8. The maximum Gasteiger partial charge on any atom is 0.258 e. The predicted molar refractivity (Wildman–Crippen MR) is 65.3 cm³/mol. The number of rotatable bonds is 2. The Morgan fingerprint density at radius 3 is 2.83 bits per heavy atom. The lowest BCUT2D eigenvalue weighted by molar-refractivity contribution is 0.102. The van der Waals surface area contributed by atoms with E-state index < -0.39 is 11.7 Å². The molecule has 6 heteroatoms. The third-order valence-corrected chi connectivity index (χ3v) is 2.51. The number of carbonyl (C=O) groups excluding carboxylic acids is 1. The number of halogens is 2. The molecule has 1 heterocycles. The van der Waals surface area contributed by atoms with Gasteiger partial charge in [0.25, 0.3) is 5.91 Å². The highest BCUT2D eigenvalue weighted by atomic mass is 35.5. The minimum Gasteiger partial charge on any atom is -0.504 e. The van der Waals surface area contributed by atoms with Gasteiger partial charge in [0.1, 0.15) is 5.82 Å². The van der Waals surface area contributed by atoms with Gasteiger partial charge >= 0.3 is 0 Å². The Bertz CT molecular complexity index is 604. The Balaban J connectivity index is 2.25. The molecule has 0 bridgehead atoms. The van der Waals surface area contributed by atoms with Crippen LogP contribution < -0.4 is 5.32 Å². The van der Waals surface area contributed by atoms with E-state index in [1.807, 2.05) is 0 Å². The molecule has 4 nitrogen and oxygen atoms in total. The minimum absolute atomic E-state index is 0.0112. The van der Waals surface area contributed by atoms with Crippen LogP contribution in [0.5, 0.6) is 5.75 Å². The van der Waals surface area contributed by atoms with Crippen molar-refractivity contribution in [2.75, 3.05) is 5.32 Å². The first-order valence-electron chi connectivity index (χ1n) is 4.98. The van der Waals surface area contributed by atoms with Gasteiger partial charge in [-0.05, 0) is 30.3 Å². The first-order valence-corrected chi connectivity index (χ1v) is 5.36. The Hall–Kier alpha value is -2.14. The van der Waals surface area contributed by atoms with Crippen LogP contribution in [0.25, 0.3) is 0 Å². The molecule has 0 aliphatic rings. The number of hydrogen-bond donors (Lipinski definition) is 2. The van der Waals surface area contributed by atoms with Gasteiger partial charge in [-0.2, -0.15) is 0 Å². The Kier molecular flexibility index (Phi) is 3.43. The fraction of sp³-hybridized carbons (Fsp3) is 0. The lowest BCUT2D eigenvalue weighted by Gasteiger charge is -2.07. The van der Waals surface area contributed by atoms with Crippen LogP contribution in [0.1, 0.15) is 10.4 Å². The van der Waals surface area contributed by atoms with Gasteiger partial charge in [0.05, 0.1) is 10.6 Å². The third-order valence-electron chi connectivity index (χ3n) is 2.19. The Labute approximate surface area is 107 Å². The monoisotopic (exact) mass is 266 g/mol. The average Bonchev–Trinajstić information content (AvgIpc) is 2.32. The summed E-state index contributed by atoms with van der Waals surface area (Å²) < 4.78 is 12.8. The molecular weight excluding hydrogens is 259 g/mol. The summed E-state index contributed by atoms with van der Waals surface area (Å²) in [6.07, 6.45) is 1.42. The van der Waals surface area contributed by atoms with Crippen LogP contribution in [0.3, 0.4) is 0 Å². The second kappa shape index (κ2) is 5.01. The summed E-state index contributed by atoms with van der Waals surface area (Å²) in [6, 6.07) is 6.32. The van der Waals surface area contributed by atoms with Gasteiger partial charge < -0.3 is 10.4 Å². The molecule has 0 fully saturated rings. The van der Waals surface area contributed by atoms with E-state index in [0.29, 0.717) is 0 Å². The number of amides is 1. The summed E-state index contributed by atoms with van der Waals surface area (Å²) in [5.74, 6) is -1.25. The molecule has 0 unspecified atom stereocenters. The van der Waals surface area contributed by atoms with Crippen molar-refractivity contribution in [2.24, 2.45) is 0 Å². The maximum absolute atomic E-state index is 12.8. The molecule has 0 radical (unpaired) electrons. The van der Waals surface area contributed by atoms with Crippen LogP contribution in [-0.4, -0.2) is 16.0 Å². The zero-order valence-electron chi connectivity index (χ0n) is 9.02. The van der Waals surface area contributed by atoms with Crippen molar-refractivity contribution in [2.45, 2.75) is 0 Å². The highest BCUT2D eigenvalue weighted by Gasteiger charge is 2.13. The Morgan fingerprint density at radius 1 is 1.39 bits per heavy atom. The first kappa shape index (κ1) is 12.3. The number of hydrogen-bond acceptors (Lipinski definition) is 3. The van der Waals surface area contributed by atoms with E-state index in [9.17, 15) is 14.3 Å². The van der Waals surface area contributed by atoms with Gasteiger partial charge in [-0.15, -0.1) is 0 Å². The molecule has 0 atom stereocenters. The lowest BCUT2D eigenvalue weighted by Crippen LogP contribution is -2.13. The van der Waals surface area contributed by atoms with Gasteiger partial charge in [0.15, 0.2) is 11.6 Å². The number of aromatic nitrogens is 1. The largest absolute Gasteiger partial charge is 0.504 e. The molecule has 2 rings (SSSR count). The van der Waals surface area contributed by atoms with E-state index in [0.717, 1.165) is 12.1 Å². The molecule has 0 saturated carbocycles. The number of nitrogens with one attached hydrogen (secondary N) is 1. The van der Waals surface area contributed by atoms with Crippen LogP contribution in [0.4, 0.5) is 10.2 Å². The smallest absolute Gasteiger partial charge is 0.258 e. The molecule has 0 aliphatic heterocycles. The number of nitrogens with zero attached hydrogens (tertiary/aromatic N) is 1. The molecule has 0 aliphatic carbocycles. The van der Waals surface area contributed by atoms with Crippen LogP contribution in [0.15, 0.2) is 36.5 Å². The SMILES string of the molecule is O=C(Nc1ncccc1O)c1ccc(F)cc1Cl. The summed E-state index contributed by atoms with van der Waals surface area (Å²) in [6.45, 7) is 0. The standard InChI is InChI=1S/C12H8ClFN2O2/c13-9-6-7(14)3-4-8(9)12(18)16-11-10(17)2-1-5-15-11/h1-6,17H,(H,15,16,18). The summed E-state index contributed by atoms with van der Waals surface area (Å²) in [7, 11) is 0. The molecule has 1 aromatic carbocycles. The van der Waals surface area contributed by atoms with Crippen molar-refractivity contribution >= 4 is 23.3 Å². The fourth-order valence-corrected chi connectivity index (χ4v) is 1.59. The first-order chi connectivity index (χ1) is 8.58. The minimum atomic E-state index is -0.575. The molecular formula is C12H8ClFN2O2. The van der Waals surface area contributed by atoms with Gasteiger partial charge in [-0.25, -0.2) is 9.37 Å². The number of benzene rings is 1. The molecule has 18 heavy (non-hydrogen) atoms. The maximum atomic E-state index is 12.8. The normalized spacial score (nSPS) is 10.1. The second-order valence-corrected chi connectivity index (χ2v) is 3.86. The van der Waals surface area contributed by atoms with Crippen molar-refractivity contribution in [3.8, 4) is 5.75 Å². The molecule has 1 amide bonds. The fourth-order valence-electron chi connectivity index (χ4n) is 1.34. The average molecular weight is 267 g/mol. The zero-order valence-corrected chi connectivity index (χ0v) is 9.78. The lowest BCUT2D eigenvalue weighted by atomic mass is 10.2. The predicted octanol–water partition coefficient (Wildman–Crippen LogP) is 2.83. The third kappa shape index (κ3) is 2.57. The topological polar surface area (TPSA) is 62.2 Å². The van der Waals surface area contributed by atoms with Crippen LogP contribution >= 0.6 is 11.6 Å². The quantitative estimate of drug-likeness (QED) is 0.879. The van der Waals surface area contributed by atoms with Gasteiger partial charge in [-0.3, -0.25) is 4.79 Å². The van der Waals surface area contributed by atoms with E-state index in [1.54, 1.807) is 0 Å². The van der Waals surface area contributed by atoms with E-state index in [1.165, 1.54) is 24.4 Å². The number of carbonyl (C=O) groups is 1. The van der Waals surface area contributed by atoms with Crippen molar-refractivity contribution in [1.29, 1.82) is 0 Å².